The molecule has 1 aromatic rings. The lowest BCUT2D eigenvalue weighted by Crippen LogP contribution is -2.40. The van der Waals surface area contributed by atoms with E-state index in [-0.39, 0.29) is 12.4 Å². The van der Waals surface area contributed by atoms with Crippen molar-refractivity contribution in [2.75, 3.05) is 45.1 Å². The summed E-state index contributed by atoms with van der Waals surface area (Å²) in [6.07, 6.45) is 4.15. The minimum atomic E-state index is -0.984. The third-order valence-electron chi connectivity index (χ3n) is 3.46. The van der Waals surface area contributed by atoms with E-state index in [1.807, 2.05) is 6.07 Å². The highest BCUT2D eigenvalue weighted by molar-refractivity contribution is 5.85. The second kappa shape index (κ2) is 10.2. The van der Waals surface area contributed by atoms with Crippen LogP contribution in [0.4, 0.5) is 5.82 Å². The van der Waals surface area contributed by atoms with Gasteiger partial charge in [-0.1, -0.05) is 0 Å². The molecular weight excluding hydrogens is 320 g/mol. The van der Waals surface area contributed by atoms with E-state index < -0.39 is 5.97 Å². The first-order chi connectivity index (χ1) is 10.6. The van der Waals surface area contributed by atoms with Crippen LogP contribution in [0.2, 0.25) is 0 Å². The Morgan fingerprint density at radius 1 is 1.48 bits per heavy atom. The van der Waals surface area contributed by atoms with Gasteiger partial charge in [-0.05, 0) is 17.7 Å². The molecule has 1 aliphatic heterocycles. The van der Waals surface area contributed by atoms with Crippen LogP contribution in [0.3, 0.4) is 0 Å². The van der Waals surface area contributed by atoms with Gasteiger partial charge in [-0.15, -0.1) is 12.4 Å². The number of pyridine rings is 1. The molecule has 1 aromatic heterocycles. The van der Waals surface area contributed by atoms with Crippen molar-refractivity contribution in [3.8, 4) is 0 Å². The first-order valence-electron chi connectivity index (χ1n) is 7.31. The van der Waals surface area contributed by atoms with Crippen LogP contribution in [0.15, 0.2) is 18.3 Å². The molecule has 1 fully saturated rings. The highest BCUT2D eigenvalue weighted by Crippen LogP contribution is 2.12. The number of hydrogen-bond acceptors (Lipinski definition) is 6. The maximum absolute atomic E-state index is 10.5. The normalized spacial score (nSPS) is 15.5. The summed E-state index contributed by atoms with van der Waals surface area (Å²) >= 11 is 0. The number of halogens is 1. The van der Waals surface area contributed by atoms with Crippen LogP contribution < -0.4 is 11.1 Å². The Morgan fingerprint density at radius 3 is 2.91 bits per heavy atom. The van der Waals surface area contributed by atoms with Gasteiger partial charge in [0.1, 0.15) is 5.82 Å². The van der Waals surface area contributed by atoms with Gasteiger partial charge in [-0.2, -0.15) is 0 Å². The summed E-state index contributed by atoms with van der Waals surface area (Å²) in [5.41, 5.74) is 7.45. The Hall–Kier alpha value is -1.67. The van der Waals surface area contributed by atoms with Crippen molar-refractivity contribution in [2.24, 2.45) is 0 Å². The highest BCUT2D eigenvalue weighted by Gasteiger charge is 2.09. The molecule has 7 nitrogen and oxygen atoms in total. The summed E-state index contributed by atoms with van der Waals surface area (Å²) in [7, 11) is 0. The Bertz CT molecular complexity index is 533. The maximum atomic E-state index is 10.5. The van der Waals surface area contributed by atoms with Gasteiger partial charge in [0.05, 0.1) is 13.2 Å². The Morgan fingerprint density at radius 2 is 2.22 bits per heavy atom. The van der Waals surface area contributed by atoms with Gasteiger partial charge in [0.2, 0.25) is 0 Å². The second-order valence-corrected chi connectivity index (χ2v) is 5.12. The van der Waals surface area contributed by atoms with Crippen molar-refractivity contribution >= 4 is 30.3 Å². The number of hydrogen-bond donors (Lipinski definition) is 3. The molecular formula is C15H23ClN4O3. The molecule has 0 radical (unpaired) electrons. The van der Waals surface area contributed by atoms with Gasteiger partial charge in [0, 0.05) is 50.6 Å². The second-order valence-electron chi connectivity index (χ2n) is 5.12. The fourth-order valence-electron chi connectivity index (χ4n) is 2.22. The number of carbonyl (C=O) groups is 1. The summed E-state index contributed by atoms with van der Waals surface area (Å²) in [4.78, 5) is 17.0. The summed E-state index contributed by atoms with van der Waals surface area (Å²) in [6, 6.07) is 1.85. The van der Waals surface area contributed by atoms with Crippen LogP contribution in [0.1, 0.15) is 11.1 Å². The lowest BCUT2D eigenvalue weighted by Gasteiger charge is -2.26. The van der Waals surface area contributed by atoms with Gasteiger partial charge in [-0.25, -0.2) is 9.78 Å². The average Bonchev–Trinajstić information content (AvgIpc) is 2.52. The molecule has 4 N–H and O–H groups in total. The standard InChI is InChI=1S/C15H22N4O3.ClH/c16-15-13(9-12(10-18-15)1-2-14(20)21)11-17-3-4-19-5-7-22-8-6-19;/h1-2,9-10,17H,3-8,11H2,(H2,16,18)(H,20,21);1H. The number of nitrogen functional groups attached to an aromatic ring is 1. The van der Waals surface area contributed by atoms with Crippen LogP contribution in [0.5, 0.6) is 0 Å². The molecule has 1 saturated heterocycles. The van der Waals surface area contributed by atoms with Crippen molar-refractivity contribution in [1.29, 1.82) is 0 Å². The van der Waals surface area contributed by atoms with E-state index in [1.165, 1.54) is 6.08 Å². The van der Waals surface area contributed by atoms with Crippen LogP contribution >= 0.6 is 12.4 Å². The minimum Gasteiger partial charge on any atom is -0.478 e. The molecule has 2 heterocycles. The van der Waals surface area contributed by atoms with Crippen molar-refractivity contribution in [3.63, 3.8) is 0 Å². The van der Waals surface area contributed by atoms with Crippen LogP contribution in [-0.4, -0.2) is 60.4 Å². The molecule has 0 aliphatic carbocycles. The van der Waals surface area contributed by atoms with Crippen LogP contribution in [0, 0.1) is 0 Å². The third-order valence-corrected chi connectivity index (χ3v) is 3.46. The number of carboxylic acid groups (broad SMARTS) is 1. The number of anilines is 1. The molecule has 1 aliphatic rings. The largest absolute Gasteiger partial charge is 0.478 e. The first-order valence-corrected chi connectivity index (χ1v) is 7.31. The zero-order valence-corrected chi connectivity index (χ0v) is 13.7. The van der Waals surface area contributed by atoms with Gasteiger partial charge in [0.25, 0.3) is 0 Å². The molecule has 0 saturated carbocycles. The van der Waals surface area contributed by atoms with E-state index in [0.717, 1.165) is 56.6 Å². The zero-order valence-electron chi connectivity index (χ0n) is 12.9. The lowest BCUT2D eigenvalue weighted by molar-refractivity contribution is -0.131. The van der Waals surface area contributed by atoms with E-state index in [0.29, 0.717) is 12.4 Å². The molecule has 0 aromatic carbocycles. The number of rotatable bonds is 7. The van der Waals surface area contributed by atoms with Gasteiger partial charge in [0.15, 0.2) is 0 Å². The first kappa shape index (κ1) is 19.4. The predicted molar refractivity (Wildman–Crippen MR) is 91.5 cm³/mol. The Balaban J connectivity index is 0.00000264. The average molecular weight is 343 g/mol. The van der Waals surface area contributed by atoms with Crippen LogP contribution in [0.25, 0.3) is 6.08 Å². The van der Waals surface area contributed by atoms with Crippen molar-refractivity contribution in [2.45, 2.75) is 6.54 Å². The monoisotopic (exact) mass is 342 g/mol. The number of aromatic nitrogens is 1. The fraction of sp³-hybridized carbons (Fsp3) is 0.467. The van der Waals surface area contributed by atoms with Gasteiger partial charge >= 0.3 is 5.97 Å². The van der Waals surface area contributed by atoms with E-state index in [9.17, 15) is 4.79 Å². The molecule has 0 atom stereocenters. The lowest BCUT2D eigenvalue weighted by atomic mass is 10.1. The minimum absolute atomic E-state index is 0. The fourth-order valence-corrected chi connectivity index (χ4v) is 2.22. The SMILES string of the molecule is Cl.Nc1ncc(C=CC(=O)O)cc1CNCCN1CCOCC1. The molecule has 8 heteroatoms. The van der Waals surface area contributed by atoms with E-state index in [2.05, 4.69) is 15.2 Å². The van der Waals surface area contributed by atoms with Crippen molar-refractivity contribution < 1.29 is 14.6 Å². The van der Waals surface area contributed by atoms with Gasteiger partial charge < -0.3 is 20.9 Å². The number of nitrogens with zero attached hydrogens (tertiary/aromatic N) is 2. The molecule has 0 spiro atoms. The van der Waals surface area contributed by atoms with Gasteiger partial charge in [-0.3, -0.25) is 4.90 Å². The van der Waals surface area contributed by atoms with E-state index in [4.69, 9.17) is 15.6 Å². The zero-order chi connectivity index (χ0) is 15.8. The Labute approximate surface area is 141 Å². The van der Waals surface area contributed by atoms with Crippen molar-refractivity contribution in [1.82, 2.24) is 15.2 Å². The number of nitrogens with two attached hydrogens (primary N) is 1. The number of nitrogens with one attached hydrogen (secondary N) is 1. The highest BCUT2D eigenvalue weighted by atomic mass is 35.5. The van der Waals surface area contributed by atoms with Crippen molar-refractivity contribution in [3.05, 3.63) is 29.5 Å². The third kappa shape index (κ3) is 6.96. The quantitative estimate of drug-likeness (QED) is 0.493. The molecule has 128 valence electrons. The number of aliphatic carboxylic acids is 1. The summed E-state index contributed by atoms with van der Waals surface area (Å²) in [5, 5.41) is 12.0. The molecule has 0 amide bonds. The summed E-state index contributed by atoms with van der Waals surface area (Å²) in [6.45, 7) is 5.98. The maximum Gasteiger partial charge on any atom is 0.328 e. The topological polar surface area (TPSA) is 101 Å². The van der Waals surface area contributed by atoms with E-state index in [1.54, 1.807) is 6.20 Å². The molecule has 0 unspecified atom stereocenters. The molecule has 2 rings (SSSR count). The molecule has 23 heavy (non-hydrogen) atoms. The molecule has 0 bridgehead atoms. The van der Waals surface area contributed by atoms with Crippen LogP contribution in [-0.2, 0) is 16.1 Å². The smallest absolute Gasteiger partial charge is 0.328 e. The summed E-state index contributed by atoms with van der Waals surface area (Å²) in [5.74, 6) is -0.520. The summed E-state index contributed by atoms with van der Waals surface area (Å²) < 4.78 is 5.31. The number of ether oxygens (including phenoxy) is 1. The van der Waals surface area contributed by atoms with E-state index >= 15 is 0 Å². The Kier molecular flexibility index (Phi) is 8.57. The predicted octanol–water partition coefficient (Wildman–Crippen LogP) is 0.605. The number of morpholine rings is 1. The number of carboxylic acids is 1.